The molecule has 0 aromatic carbocycles. The Morgan fingerprint density at radius 2 is 1.74 bits per heavy atom. The largest absolute Gasteiger partial charge is 0.310 e. The van der Waals surface area contributed by atoms with Crippen molar-refractivity contribution in [1.82, 2.24) is 5.32 Å². The molecule has 0 aromatic heterocycles. The molecule has 0 aromatic rings. The predicted molar refractivity (Wildman–Crippen MR) is 84.3 cm³/mol. The first-order valence-electron chi connectivity index (χ1n) is 8.59. The van der Waals surface area contributed by atoms with Crippen molar-refractivity contribution >= 4 is 0 Å². The van der Waals surface area contributed by atoms with Gasteiger partial charge in [0.1, 0.15) is 0 Å². The molecule has 1 heteroatoms. The molecule has 19 heavy (non-hydrogen) atoms. The fraction of sp³-hybridized carbons (Fsp3) is 0.889. The Labute approximate surface area is 120 Å². The van der Waals surface area contributed by atoms with Gasteiger partial charge in [0.15, 0.2) is 0 Å². The normalized spacial score (nSPS) is 30.3. The molecule has 0 amide bonds. The van der Waals surface area contributed by atoms with E-state index in [0.717, 1.165) is 17.3 Å². The zero-order valence-electron chi connectivity index (χ0n) is 13.3. The van der Waals surface area contributed by atoms with E-state index in [2.05, 4.69) is 38.2 Å². The van der Waals surface area contributed by atoms with Gasteiger partial charge in [-0.15, -0.1) is 0 Å². The van der Waals surface area contributed by atoms with Crippen molar-refractivity contribution in [2.45, 2.75) is 78.2 Å². The van der Waals surface area contributed by atoms with Crippen molar-refractivity contribution in [3.8, 4) is 0 Å². The molecule has 1 nitrogen and oxygen atoms in total. The molecule has 1 fully saturated rings. The summed E-state index contributed by atoms with van der Waals surface area (Å²) in [6.45, 7) is 8.26. The van der Waals surface area contributed by atoms with Crippen LogP contribution in [0.1, 0.15) is 72.1 Å². The maximum absolute atomic E-state index is 3.78. The molecule has 0 saturated heterocycles. The fourth-order valence-electron chi connectivity index (χ4n) is 4.35. The zero-order valence-corrected chi connectivity index (χ0v) is 13.3. The summed E-state index contributed by atoms with van der Waals surface area (Å²) in [6, 6.07) is 0.656. The van der Waals surface area contributed by atoms with Gasteiger partial charge in [-0.1, -0.05) is 45.8 Å². The average Bonchev–Trinajstić information content (AvgIpc) is 2.36. The van der Waals surface area contributed by atoms with Crippen LogP contribution in [0.2, 0.25) is 0 Å². The first-order chi connectivity index (χ1) is 9.17. The maximum Gasteiger partial charge on any atom is 0.0250 e. The highest BCUT2D eigenvalue weighted by Crippen LogP contribution is 2.51. The predicted octanol–water partition coefficient (Wildman–Crippen LogP) is 4.93. The second-order valence-electron chi connectivity index (χ2n) is 7.23. The highest BCUT2D eigenvalue weighted by molar-refractivity contribution is 5.01. The van der Waals surface area contributed by atoms with E-state index < -0.39 is 0 Å². The molecule has 0 spiro atoms. The van der Waals surface area contributed by atoms with E-state index in [1.807, 2.05) is 0 Å². The van der Waals surface area contributed by atoms with Crippen LogP contribution in [0.15, 0.2) is 12.2 Å². The minimum atomic E-state index is 0.656. The lowest BCUT2D eigenvalue weighted by atomic mass is 9.58. The Morgan fingerprint density at radius 3 is 2.26 bits per heavy atom. The molecular weight excluding hydrogens is 230 g/mol. The molecule has 0 radical (unpaired) electrons. The van der Waals surface area contributed by atoms with Gasteiger partial charge in [0, 0.05) is 6.04 Å². The molecule has 1 N–H and O–H groups in total. The van der Waals surface area contributed by atoms with E-state index in [-0.39, 0.29) is 0 Å². The lowest BCUT2D eigenvalue weighted by molar-refractivity contribution is 0.0328. The third kappa shape index (κ3) is 4.08. The molecule has 0 heterocycles. The van der Waals surface area contributed by atoms with Gasteiger partial charge in [-0.2, -0.15) is 0 Å². The van der Waals surface area contributed by atoms with Crippen molar-refractivity contribution in [2.24, 2.45) is 17.3 Å². The lowest BCUT2D eigenvalue weighted by Crippen LogP contribution is -2.44. The van der Waals surface area contributed by atoms with E-state index in [4.69, 9.17) is 0 Å². The highest BCUT2D eigenvalue weighted by atomic mass is 14.9. The third-order valence-corrected chi connectivity index (χ3v) is 5.28. The molecule has 2 unspecified atom stereocenters. The van der Waals surface area contributed by atoms with Crippen LogP contribution in [-0.2, 0) is 0 Å². The van der Waals surface area contributed by atoms with Gasteiger partial charge in [0.05, 0.1) is 0 Å². The van der Waals surface area contributed by atoms with Crippen LogP contribution in [0, 0.1) is 17.3 Å². The number of rotatable bonds is 7. The summed E-state index contributed by atoms with van der Waals surface area (Å²) in [5, 5.41) is 3.78. The monoisotopic (exact) mass is 263 g/mol. The van der Waals surface area contributed by atoms with E-state index in [1.54, 1.807) is 0 Å². The highest BCUT2D eigenvalue weighted by Gasteiger charge is 2.42. The molecule has 0 aliphatic heterocycles. The standard InChI is InChI=1S/C18H33N/c1-4-10-18(11-5-2)12-16(13-18)14-19-17-8-6-15(3)7-9-17/h6,8,15-17,19H,4-5,7,9-14H2,1-3H3. The summed E-state index contributed by atoms with van der Waals surface area (Å²) < 4.78 is 0. The first-order valence-corrected chi connectivity index (χ1v) is 8.59. The van der Waals surface area contributed by atoms with Crippen molar-refractivity contribution in [2.75, 3.05) is 6.54 Å². The van der Waals surface area contributed by atoms with Gasteiger partial charge in [0.25, 0.3) is 0 Å². The van der Waals surface area contributed by atoms with Crippen molar-refractivity contribution in [3.63, 3.8) is 0 Å². The topological polar surface area (TPSA) is 12.0 Å². The zero-order chi connectivity index (χ0) is 13.7. The van der Waals surface area contributed by atoms with Crippen LogP contribution in [0.25, 0.3) is 0 Å². The Balaban J connectivity index is 1.68. The van der Waals surface area contributed by atoms with E-state index in [1.165, 1.54) is 57.9 Å². The van der Waals surface area contributed by atoms with Crippen LogP contribution < -0.4 is 5.32 Å². The van der Waals surface area contributed by atoms with Gasteiger partial charge in [-0.3, -0.25) is 0 Å². The lowest BCUT2D eigenvalue weighted by Gasteiger charge is -2.49. The fourth-order valence-corrected chi connectivity index (χ4v) is 4.35. The van der Waals surface area contributed by atoms with E-state index in [9.17, 15) is 0 Å². The molecule has 110 valence electrons. The number of nitrogens with one attached hydrogen (secondary N) is 1. The Bertz CT molecular complexity index is 280. The summed E-state index contributed by atoms with van der Waals surface area (Å²) in [4.78, 5) is 0. The number of allylic oxidation sites excluding steroid dienone is 1. The van der Waals surface area contributed by atoms with Gasteiger partial charge in [-0.05, 0) is 62.3 Å². The summed E-state index contributed by atoms with van der Waals surface area (Å²) >= 11 is 0. The average molecular weight is 263 g/mol. The Morgan fingerprint density at radius 1 is 1.05 bits per heavy atom. The van der Waals surface area contributed by atoms with Crippen LogP contribution in [0.3, 0.4) is 0 Å². The minimum Gasteiger partial charge on any atom is -0.310 e. The second-order valence-corrected chi connectivity index (χ2v) is 7.23. The van der Waals surface area contributed by atoms with E-state index >= 15 is 0 Å². The van der Waals surface area contributed by atoms with Gasteiger partial charge in [0.2, 0.25) is 0 Å². The first kappa shape index (κ1) is 15.1. The smallest absolute Gasteiger partial charge is 0.0250 e. The van der Waals surface area contributed by atoms with Crippen LogP contribution in [0.4, 0.5) is 0 Å². The van der Waals surface area contributed by atoms with Crippen LogP contribution >= 0.6 is 0 Å². The third-order valence-electron chi connectivity index (χ3n) is 5.28. The summed E-state index contributed by atoms with van der Waals surface area (Å²) in [5.41, 5.74) is 0.729. The molecule has 2 atom stereocenters. The van der Waals surface area contributed by atoms with Gasteiger partial charge < -0.3 is 5.32 Å². The molecule has 2 rings (SSSR count). The van der Waals surface area contributed by atoms with Crippen LogP contribution in [-0.4, -0.2) is 12.6 Å². The molecule has 2 aliphatic rings. The molecule has 1 saturated carbocycles. The molecular formula is C18H33N. The van der Waals surface area contributed by atoms with E-state index in [0.29, 0.717) is 6.04 Å². The quantitative estimate of drug-likeness (QED) is 0.642. The minimum absolute atomic E-state index is 0.656. The van der Waals surface area contributed by atoms with Crippen LogP contribution in [0.5, 0.6) is 0 Å². The molecule has 2 aliphatic carbocycles. The number of hydrogen-bond acceptors (Lipinski definition) is 1. The SMILES string of the molecule is CCCC1(CCC)CC(CNC2C=CC(C)CC2)C1. The van der Waals surface area contributed by atoms with Crippen molar-refractivity contribution in [3.05, 3.63) is 12.2 Å². The van der Waals surface area contributed by atoms with Crippen molar-refractivity contribution in [1.29, 1.82) is 0 Å². The summed E-state index contributed by atoms with van der Waals surface area (Å²) in [6.07, 6.45) is 16.1. The Kier molecular flexibility index (Phi) is 5.50. The molecule has 0 bridgehead atoms. The van der Waals surface area contributed by atoms with Gasteiger partial charge in [-0.25, -0.2) is 0 Å². The van der Waals surface area contributed by atoms with Crippen molar-refractivity contribution < 1.29 is 0 Å². The van der Waals surface area contributed by atoms with Gasteiger partial charge >= 0.3 is 0 Å². The summed E-state index contributed by atoms with van der Waals surface area (Å²) in [7, 11) is 0. The second kappa shape index (κ2) is 6.92. The maximum atomic E-state index is 3.78. The number of hydrogen-bond donors (Lipinski definition) is 1. The Hall–Kier alpha value is -0.300. The summed E-state index contributed by atoms with van der Waals surface area (Å²) in [5.74, 6) is 1.74.